The first-order chi connectivity index (χ1) is 12.5. The Balaban J connectivity index is 1.82. The fourth-order valence-corrected chi connectivity index (χ4v) is 2.74. The highest BCUT2D eigenvalue weighted by Crippen LogP contribution is 2.33. The molecule has 0 saturated heterocycles. The van der Waals surface area contributed by atoms with E-state index in [1.54, 1.807) is 31.4 Å². The van der Waals surface area contributed by atoms with Gasteiger partial charge in [-0.2, -0.15) is 0 Å². The van der Waals surface area contributed by atoms with Crippen molar-refractivity contribution < 1.29 is 23.4 Å². The number of halogens is 1. The van der Waals surface area contributed by atoms with Crippen LogP contribution >= 0.6 is 0 Å². The molecule has 0 saturated carbocycles. The topological polar surface area (TPSA) is 72.6 Å². The number of carbonyl (C=O) groups is 1. The summed E-state index contributed by atoms with van der Waals surface area (Å²) in [6.45, 7) is 0.193. The second-order valence-corrected chi connectivity index (χ2v) is 5.61. The van der Waals surface area contributed by atoms with Gasteiger partial charge in [0, 0.05) is 23.0 Å². The van der Waals surface area contributed by atoms with Crippen molar-refractivity contribution >= 4 is 16.8 Å². The summed E-state index contributed by atoms with van der Waals surface area (Å²) in [4.78, 5) is 15.4. The first-order valence-electron chi connectivity index (χ1n) is 7.91. The van der Waals surface area contributed by atoms with Gasteiger partial charge in [0.2, 0.25) is 0 Å². The Morgan fingerprint density at radius 3 is 2.35 bits per heavy atom. The molecule has 2 N–H and O–H groups in total. The molecular weight excluding hydrogens is 339 g/mol. The second-order valence-electron chi connectivity index (χ2n) is 5.61. The van der Waals surface area contributed by atoms with Crippen LogP contribution in [0.3, 0.4) is 0 Å². The molecule has 7 heteroatoms. The Bertz CT molecular complexity index is 927. The number of H-pyrrole nitrogens is 1. The standard InChI is InChI=1S/C19H19FN2O4/c1-24-13-8-17(25-2)14(18(9-13)26-3)10-21-19(23)16-7-11-6-12(20)4-5-15(11)22-16/h4-9,22H,10H2,1-3H3,(H,21,23). The number of ether oxygens (including phenoxy) is 3. The number of amides is 1. The van der Waals surface area contributed by atoms with Crippen molar-refractivity contribution in [3.63, 3.8) is 0 Å². The molecule has 6 nitrogen and oxygen atoms in total. The van der Waals surface area contributed by atoms with E-state index in [0.29, 0.717) is 39.4 Å². The number of hydrogen-bond acceptors (Lipinski definition) is 4. The lowest BCUT2D eigenvalue weighted by Gasteiger charge is -2.15. The van der Waals surface area contributed by atoms with Crippen molar-refractivity contribution in [3.05, 3.63) is 53.5 Å². The predicted octanol–water partition coefficient (Wildman–Crippen LogP) is 3.26. The molecule has 0 spiro atoms. The predicted molar refractivity (Wildman–Crippen MR) is 95.5 cm³/mol. The lowest BCUT2D eigenvalue weighted by molar-refractivity contribution is 0.0946. The van der Waals surface area contributed by atoms with E-state index in [1.807, 2.05) is 0 Å². The van der Waals surface area contributed by atoms with Crippen molar-refractivity contribution in [1.29, 1.82) is 0 Å². The molecule has 136 valence electrons. The Hall–Kier alpha value is -3.22. The summed E-state index contributed by atoms with van der Waals surface area (Å²) >= 11 is 0. The van der Waals surface area contributed by atoms with Crippen LogP contribution in [0.1, 0.15) is 16.1 Å². The molecule has 1 amide bonds. The number of fused-ring (bicyclic) bond motifs is 1. The SMILES string of the molecule is COc1cc(OC)c(CNC(=O)c2cc3cc(F)ccc3[nH]2)c(OC)c1. The van der Waals surface area contributed by atoms with E-state index in [9.17, 15) is 9.18 Å². The molecule has 0 bridgehead atoms. The molecule has 3 aromatic rings. The maximum atomic E-state index is 13.3. The zero-order valence-electron chi connectivity index (χ0n) is 14.7. The number of aromatic amines is 1. The van der Waals surface area contributed by atoms with Crippen LogP contribution in [-0.4, -0.2) is 32.2 Å². The highest BCUT2D eigenvalue weighted by atomic mass is 19.1. The quantitative estimate of drug-likeness (QED) is 0.709. The van der Waals surface area contributed by atoms with Crippen LogP contribution < -0.4 is 19.5 Å². The third kappa shape index (κ3) is 3.42. The van der Waals surface area contributed by atoms with Crippen molar-refractivity contribution in [2.24, 2.45) is 0 Å². The number of methoxy groups -OCH3 is 3. The van der Waals surface area contributed by atoms with E-state index >= 15 is 0 Å². The number of nitrogens with one attached hydrogen (secondary N) is 2. The Labute approximate surface area is 149 Å². The van der Waals surface area contributed by atoms with Gasteiger partial charge in [0.1, 0.15) is 28.8 Å². The van der Waals surface area contributed by atoms with E-state index in [1.165, 1.54) is 26.4 Å². The molecule has 26 heavy (non-hydrogen) atoms. The van der Waals surface area contributed by atoms with Crippen LogP contribution in [0.5, 0.6) is 17.2 Å². The monoisotopic (exact) mass is 358 g/mol. The molecule has 0 radical (unpaired) electrons. The molecule has 0 aliphatic heterocycles. The average Bonchev–Trinajstić information content (AvgIpc) is 3.08. The minimum absolute atomic E-state index is 0.193. The molecule has 0 unspecified atom stereocenters. The summed E-state index contributed by atoms with van der Waals surface area (Å²) in [6, 6.07) is 9.35. The molecular formula is C19H19FN2O4. The van der Waals surface area contributed by atoms with Crippen LogP contribution in [-0.2, 0) is 6.54 Å². The Morgan fingerprint density at radius 2 is 1.73 bits per heavy atom. The highest BCUT2D eigenvalue weighted by molar-refractivity contribution is 5.98. The number of hydrogen-bond donors (Lipinski definition) is 2. The largest absolute Gasteiger partial charge is 0.496 e. The Kier molecular flexibility index (Phi) is 4.97. The summed E-state index contributed by atoms with van der Waals surface area (Å²) in [5, 5.41) is 3.45. The summed E-state index contributed by atoms with van der Waals surface area (Å²) < 4.78 is 29.2. The fraction of sp³-hybridized carbons (Fsp3) is 0.211. The van der Waals surface area contributed by atoms with Gasteiger partial charge in [-0.25, -0.2) is 4.39 Å². The van der Waals surface area contributed by atoms with Crippen LogP contribution in [0.4, 0.5) is 4.39 Å². The van der Waals surface area contributed by atoms with Gasteiger partial charge in [0.05, 0.1) is 33.4 Å². The van der Waals surface area contributed by atoms with Crippen molar-refractivity contribution in [3.8, 4) is 17.2 Å². The second kappa shape index (κ2) is 7.35. The third-order valence-corrected chi connectivity index (χ3v) is 4.07. The highest BCUT2D eigenvalue weighted by Gasteiger charge is 2.16. The maximum Gasteiger partial charge on any atom is 0.268 e. The van der Waals surface area contributed by atoms with E-state index in [4.69, 9.17) is 14.2 Å². The number of carbonyl (C=O) groups excluding carboxylic acids is 1. The van der Waals surface area contributed by atoms with Gasteiger partial charge in [-0.05, 0) is 24.3 Å². The van der Waals surface area contributed by atoms with Crippen LogP contribution in [0.25, 0.3) is 10.9 Å². The smallest absolute Gasteiger partial charge is 0.268 e. The van der Waals surface area contributed by atoms with Crippen molar-refractivity contribution in [2.75, 3.05) is 21.3 Å². The molecule has 0 fully saturated rings. The van der Waals surface area contributed by atoms with E-state index in [2.05, 4.69) is 10.3 Å². The number of aromatic nitrogens is 1. The third-order valence-electron chi connectivity index (χ3n) is 4.07. The van der Waals surface area contributed by atoms with E-state index < -0.39 is 0 Å². The van der Waals surface area contributed by atoms with Crippen LogP contribution in [0, 0.1) is 5.82 Å². The molecule has 3 rings (SSSR count). The molecule has 2 aromatic carbocycles. The van der Waals surface area contributed by atoms with Crippen molar-refractivity contribution in [1.82, 2.24) is 10.3 Å². The number of benzene rings is 2. The molecule has 0 aliphatic rings. The summed E-state index contributed by atoms with van der Waals surface area (Å²) in [5.41, 5.74) is 1.72. The summed E-state index contributed by atoms with van der Waals surface area (Å²) in [5.74, 6) is 1.00. The van der Waals surface area contributed by atoms with Crippen LogP contribution in [0.15, 0.2) is 36.4 Å². The zero-order chi connectivity index (χ0) is 18.7. The average molecular weight is 358 g/mol. The molecule has 0 atom stereocenters. The molecule has 0 aliphatic carbocycles. The minimum atomic E-state index is -0.351. The summed E-state index contributed by atoms with van der Waals surface area (Å²) in [6.07, 6.45) is 0. The maximum absolute atomic E-state index is 13.3. The minimum Gasteiger partial charge on any atom is -0.496 e. The zero-order valence-corrected chi connectivity index (χ0v) is 14.7. The lowest BCUT2D eigenvalue weighted by Crippen LogP contribution is -2.23. The van der Waals surface area contributed by atoms with Gasteiger partial charge in [-0.15, -0.1) is 0 Å². The van der Waals surface area contributed by atoms with E-state index in [-0.39, 0.29) is 18.3 Å². The molecule has 1 heterocycles. The molecule has 1 aromatic heterocycles. The fourth-order valence-electron chi connectivity index (χ4n) is 2.74. The first-order valence-corrected chi connectivity index (χ1v) is 7.91. The Morgan fingerprint density at radius 1 is 1.04 bits per heavy atom. The van der Waals surface area contributed by atoms with E-state index in [0.717, 1.165) is 0 Å². The van der Waals surface area contributed by atoms with Crippen LogP contribution in [0.2, 0.25) is 0 Å². The van der Waals surface area contributed by atoms with Gasteiger partial charge in [0.25, 0.3) is 5.91 Å². The summed E-state index contributed by atoms with van der Waals surface area (Å²) in [7, 11) is 4.62. The first kappa shape index (κ1) is 17.6. The number of rotatable bonds is 6. The van der Waals surface area contributed by atoms with Crippen molar-refractivity contribution in [2.45, 2.75) is 6.54 Å². The van der Waals surface area contributed by atoms with Gasteiger partial charge >= 0.3 is 0 Å². The van der Waals surface area contributed by atoms with Gasteiger partial charge < -0.3 is 24.5 Å². The van der Waals surface area contributed by atoms with Gasteiger partial charge in [-0.1, -0.05) is 0 Å². The van der Waals surface area contributed by atoms with Gasteiger partial charge in [0.15, 0.2) is 0 Å². The van der Waals surface area contributed by atoms with Gasteiger partial charge in [-0.3, -0.25) is 4.79 Å². The lowest BCUT2D eigenvalue weighted by atomic mass is 10.1. The normalized spacial score (nSPS) is 10.6.